The molecule has 4 nitrogen and oxygen atoms in total. The summed E-state index contributed by atoms with van der Waals surface area (Å²) in [6.07, 6.45) is 3.85. The molecule has 0 radical (unpaired) electrons. The lowest BCUT2D eigenvalue weighted by atomic mass is 9.88. The summed E-state index contributed by atoms with van der Waals surface area (Å²) in [6.45, 7) is 11.2. The van der Waals surface area contributed by atoms with Crippen LogP contribution in [0.15, 0.2) is 102 Å². The number of rotatable bonds is 5. The van der Waals surface area contributed by atoms with Gasteiger partial charge in [-0.3, -0.25) is 9.55 Å². The van der Waals surface area contributed by atoms with Crippen LogP contribution in [0.3, 0.4) is 0 Å². The first-order valence-corrected chi connectivity index (χ1v) is 14.4. The molecule has 0 N–H and O–H groups in total. The van der Waals surface area contributed by atoms with Crippen LogP contribution in [0.25, 0.3) is 61.2 Å². The van der Waals surface area contributed by atoms with E-state index < -0.39 is 0 Å². The highest BCUT2D eigenvalue weighted by molar-refractivity contribution is 6.09. The van der Waals surface area contributed by atoms with E-state index in [9.17, 15) is 0 Å². The normalized spacial score (nSPS) is 12.0. The number of benzene rings is 4. The Labute approximate surface area is 240 Å². The summed E-state index contributed by atoms with van der Waals surface area (Å²) in [5, 5.41) is 2.21. The topological polar surface area (TPSA) is 43.9 Å². The quantitative estimate of drug-likeness (QED) is 0.220. The molecule has 0 fully saturated rings. The SMILES string of the molecule is Cc1cncc2c1nc(-c1cccc3c1oc1ccccc13)n2-c1c(C(C)C)cc(-c2ccccc2)cc1C(C)C. The van der Waals surface area contributed by atoms with Crippen LogP contribution in [0.2, 0.25) is 0 Å². The smallest absolute Gasteiger partial charge is 0.149 e. The zero-order chi connectivity index (χ0) is 28.2. The summed E-state index contributed by atoms with van der Waals surface area (Å²) in [6, 6.07) is 30.0. The first-order chi connectivity index (χ1) is 19.9. The number of fused-ring (bicyclic) bond motifs is 4. The molecule has 0 unspecified atom stereocenters. The molecular formula is C37H33N3O. The van der Waals surface area contributed by atoms with Gasteiger partial charge in [-0.25, -0.2) is 4.98 Å². The van der Waals surface area contributed by atoms with E-state index in [4.69, 9.17) is 9.40 Å². The second-order valence-corrected chi connectivity index (χ2v) is 11.6. The van der Waals surface area contributed by atoms with Crippen molar-refractivity contribution in [3.63, 3.8) is 0 Å². The molecule has 7 aromatic rings. The largest absolute Gasteiger partial charge is 0.455 e. The minimum Gasteiger partial charge on any atom is -0.455 e. The fourth-order valence-corrected chi connectivity index (χ4v) is 6.07. The number of pyridine rings is 1. The van der Waals surface area contributed by atoms with Gasteiger partial charge in [0, 0.05) is 17.0 Å². The van der Waals surface area contributed by atoms with E-state index in [1.165, 1.54) is 27.9 Å². The number of nitrogens with zero attached hydrogens (tertiary/aromatic N) is 3. The van der Waals surface area contributed by atoms with Crippen LogP contribution >= 0.6 is 0 Å². The van der Waals surface area contributed by atoms with E-state index in [0.29, 0.717) is 0 Å². The molecule has 41 heavy (non-hydrogen) atoms. The number of aryl methyl sites for hydroxylation is 1. The zero-order valence-corrected chi connectivity index (χ0v) is 24.1. The number of hydrogen-bond acceptors (Lipinski definition) is 3. The lowest BCUT2D eigenvalue weighted by Crippen LogP contribution is -2.09. The molecule has 202 valence electrons. The summed E-state index contributed by atoms with van der Waals surface area (Å²) in [5.74, 6) is 1.45. The molecule has 0 saturated heterocycles. The van der Waals surface area contributed by atoms with Gasteiger partial charge in [0.1, 0.15) is 17.0 Å². The van der Waals surface area contributed by atoms with Crippen LogP contribution in [0.5, 0.6) is 0 Å². The molecule has 0 bridgehead atoms. The highest BCUT2D eigenvalue weighted by atomic mass is 16.3. The Morgan fingerprint density at radius 3 is 2.12 bits per heavy atom. The molecule has 4 heteroatoms. The van der Waals surface area contributed by atoms with Gasteiger partial charge in [-0.1, -0.05) is 88.4 Å². The van der Waals surface area contributed by atoms with E-state index >= 15 is 0 Å². The monoisotopic (exact) mass is 535 g/mol. The Kier molecular flexibility index (Phi) is 6.01. The van der Waals surface area contributed by atoms with Crippen molar-refractivity contribution in [2.45, 2.75) is 46.5 Å². The van der Waals surface area contributed by atoms with E-state index in [0.717, 1.165) is 49.9 Å². The minimum atomic E-state index is 0.288. The molecule has 0 spiro atoms. The second-order valence-electron chi connectivity index (χ2n) is 11.6. The van der Waals surface area contributed by atoms with Crippen molar-refractivity contribution in [3.8, 4) is 28.2 Å². The molecule has 0 aliphatic rings. The Hall–Kier alpha value is -4.70. The maximum atomic E-state index is 6.52. The van der Waals surface area contributed by atoms with Gasteiger partial charge in [0.25, 0.3) is 0 Å². The van der Waals surface area contributed by atoms with Gasteiger partial charge in [-0.2, -0.15) is 0 Å². The first kappa shape index (κ1) is 25.3. The highest BCUT2D eigenvalue weighted by Gasteiger charge is 2.26. The fourth-order valence-electron chi connectivity index (χ4n) is 6.07. The van der Waals surface area contributed by atoms with E-state index in [1.54, 1.807) is 0 Å². The van der Waals surface area contributed by atoms with E-state index in [1.807, 2.05) is 24.5 Å². The van der Waals surface area contributed by atoms with Crippen molar-refractivity contribution in [3.05, 3.63) is 114 Å². The average Bonchev–Trinajstić information content (AvgIpc) is 3.56. The standard InChI is InChI=1S/C37H33N3O/c1-22(2)30-18-26(25-12-7-6-8-13-25)19-31(23(3)4)35(30)40-32-21-38-20-24(5)34(32)39-37(40)29-16-11-15-28-27-14-9-10-17-33(27)41-36(28)29/h6-23H,1-5H3. The van der Waals surface area contributed by atoms with Crippen molar-refractivity contribution in [2.75, 3.05) is 0 Å². The average molecular weight is 536 g/mol. The van der Waals surface area contributed by atoms with E-state index in [2.05, 4.69) is 117 Å². The molecule has 0 saturated carbocycles. The van der Waals surface area contributed by atoms with Gasteiger partial charge in [0.15, 0.2) is 0 Å². The predicted octanol–water partition coefficient (Wildman–Crippen LogP) is 10.2. The van der Waals surface area contributed by atoms with Crippen LogP contribution < -0.4 is 0 Å². The van der Waals surface area contributed by atoms with Crippen LogP contribution in [0.4, 0.5) is 0 Å². The van der Waals surface area contributed by atoms with Gasteiger partial charge in [-0.15, -0.1) is 0 Å². The third-order valence-electron chi connectivity index (χ3n) is 8.14. The van der Waals surface area contributed by atoms with E-state index in [-0.39, 0.29) is 11.8 Å². The molecule has 0 atom stereocenters. The minimum absolute atomic E-state index is 0.288. The Morgan fingerprint density at radius 1 is 0.707 bits per heavy atom. The lowest BCUT2D eigenvalue weighted by Gasteiger charge is -2.24. The van der Waals surface area contributed by atoms with Crippen molar-refractivity contribution in [2.24, 2.45) is 0 Å². The van der Waals surface area contributed by atoms with Crippen LogP contribution in [-0.4, -0.2) is 14.5 Å². The van der Waals surface area contributed by atoms with Crippen molar-refractivity contribution >= 4 is 33.0 Å². The lowest BCUT2D eigenvalue weighted by molar-refractivity contribution is 0.669. The van der Waals surface area contributed by atoms with Gasteiger partial charge in [-0.05, 0) is 70.8 Å². The number of furan rings is 1. The zero-order valence-electron chi connectivity index (χ0n) is 24.1. The molecule has 7 rings (SSSR count). The molecule has 0 aliphatic heterocycles. The number of para-hydroxylation sites is 2. The summed E-state index contributed by atoms with van der Waals surface area (Å²) in [5.41, 5.74) is 12.0. The third kappa shape index (κ3) is 4.05. The molecular weight excluding hydrogens is 502 g/mol. The van der Waals surface area contributed by atoms with Crippen molar-refractivity contribution in [1.29, 1.82) is 0 Å². The maximum Gasteiger partial charge on any atom is 0.149 e. The fraction of sp³-hybridized carbons (Fsp3) is 0.189. The van der Waals surface area contributed by atoms with Crippen molar-refractivity contribution < 1.29 is 4.42 Å². The molecule has 4 aromatic carbocycles. The molecule has 0 aliphatic carbocycles. The van der Waals surface area contributed by atoms with Crippen LogP contribution in [-0.2, 0) is 0 Å². The van der Waals surface area contributed by atoms with Crippen LogP contribution in [0.1, 0.15) is 56.2 Å². The second kappa shape index (κ2) is 9.74. The predicted molar refractivity (Wildman–Crippen MR) is 170 cm³/mol. The molecule has 3 heterocycles. The van der Waals surface area contributed by atoms with Crippen molar-refractivity contribution in [1.82, 2.24) is 14.5 Å². The Bertz CT molecular complexity index is 2030. The van der Waals surface area contributed by atoms with Gasteiger partial charge in [0.05, 0.1) is 28.5 Å². The third-order valence-corrected chi connectivity index (χ3v) is 8.14. The summed E-state index contributed by atoms with van der Waals surface area (Å²) in [4.78, 5) is 9.96. The molecule has 0 amide bonds. The summed E-state index contributed by atoms with van der Waals surface area (Å²) >= 11 is 0. The van der Waals surface area contributed by atoms with Gasteiger partial charge in [0.2, 0.25) is 0 Å². The Morgan fingerprint density at radius 2 is 1.39 bits per heavy atom. The number of imidazole rings is 1. The number of hydrogen-bond donors (Lipinski definition) is 0. The number of aromatic nitrogens is 3. The molecule has 3 aromatic heterocycles. The maximum absolute atomic E-state index is 6.52. The van der Waals surface area contributed by atoms with Gasteiger partial charge >= 0.3 is 0 Å². The highest BCUT2D eigenvalue weighted by Crippen LogP contribution is 2.42. The summed E-state index contributed by atoms with van der Waals surface area (Å²) in [7, 11) is 0. The first-order valence-electron chi connectivity index (χ1n) is 14.4. The summed E-state index contributed by atoms with van der Waals surface area (Å²) < 4.78 is 8.86. The van der Waals surface area contributed by atoms with Crippen LogP contribution in [0, 0.1) is 6.92 Å². The van der Waals surface area contributed by atoms with Gasteiger partial charge < -0.3 is 4.42 Å². The Balaban J connectivity index is 1.61.